The molecule has 1 atom stereocenters. The molecule has 2 heterocycles. The molecule has 16 heteroatoms. The van der Waals surface area contributed by atoms with Crippen LogP contribution in [-0.4, -0.2) is 76.5 Å². The molecule has 0 radical (unpaired) electrons. The molecule has 1 saturated heterocycles. The maximum absolute atomic E-state index is 12.9. The van der Waals surface area contributed by atoms with Crippen molar-refractivity contribution in [3.8, 4) is 0 Å². The van der Waals surface area contributed by atoms with Crippen molar-refractivity contribution in [3.05, 3.63) is 70.5 Å². The summed E-state index contributed by atoms with van der Waals surface area (Å²) in [6.07, 6.45) is -6.36. The number of nitrogens with two attached hydrogens (primary N) is 1. The summed E-state index contributed by atoms with van der Waals surface area (Å²) in [5.41, 5.74) is 9.45. The summed E-state index contributed by atoms with van der Waals surface area (Å²) >= 11 is 3.41. The molecule has 4 rings (SSSR count). The smallest absolute Gasteiger partial charge is 0.475 e. The third kappa shape index (κ3) is 9.58. The van der Waals surface area contributed by atoms with Crippen molar-refractivity contribution in [1.29, 1.82) is 0 Å². The number of benzene rings is 2. The number of piperazine rings is 1. The SMILES string of the molecule is Cc1cncc2cccc(N3CCN(C(=O)C(N)c4ccc(Br)cc4)CC3)c12.O=C(O)C(F)(F)F.O=C(O)C(F)(F)F. The second kappa shape index (κ2) is 14.3. The molecule has 2 aromatic carbocycles. The van der Waals surface area contributed by atoms with E-state index in [0.717, 1.165) is 28.5 Å². The predicted octanol–water partition coefficient (Wildman–Crippen LogP) is 4.92. The van der Waals surface area contributed by atoms with Crippen molar-refractivity contribution in [1.82, 2.24) is 9.88 Å². The van der Waals surface area contributed by atoms with Gasteiger partial charge in [-0.25, -0.2) is 9.59 Å². The fourth-order valence-corrected chi connectivity index (χ4v) is 4.09. The highest BCUT2D eigenvalue weighted by atomic mass is 79.9. The summed E-state index contributed by atoms with van der Waals surface area (Å²) in [4.78, 5) is 39.2. The number of carboxylic acid groups (broad SMARTS) is 2. The number of aliphatic carboxylic acids is 2. The first kappa shape index (κ1) is 34.3. The van der Waals surface area contributed by atoms with Crippen LogP contribution in [0, 0.1) is 6.92 Å². The number of hydrogen-bond donors (Lipinski definition) is 3. The van der Waals surface area contributed by atoms with Crippen LogP contribution in [0.2, 0.25) is 0 Å². The van der Waals surface area contributed by atoms with Crippen LogP contribution < -0.4 is 10.6 Å². The Kier molecular flexibility index (Phi) is 11.7. The van der Waals surface area contributed by atoms with Crippen molar-refractivity contribution in [2.45, 2.75) is 25.3 Å². The number of hydrogen-bond acceptors (Lipinski definition) is 6. The van der Waals surface area contributed by atoms with E-state index in [1.54, 1.807) is 0 Å². The Bertz CT molecular complexity index is 1370. The highest BCUT2D eigenvalue weighted by Gasteiger charge is 2.39. The van der Waals surface area contributed by atoms with E-state index in [1.165, 1.54) is 16.6 Å². The lowest BCUT2D eigenvalue weighted by Crippen LogP contribution is -2.51. The third-order valence-electron chi connectivity index (χ3n) is 5.86. The summed E-state index contributed by atoms with van der Waals surface area (Å²) < 4.78 is 64.4. The number of fused-ring (bicyclic) bond motifs is 1. The number of carbonyl (C=O) groups is 3. The molecule has 0 bridgehead atoms. The number of nitrogens with zero attached hydrogens (tertiary/aromatic N) is 3. The average molecular weight is 667 g/mol. The van der Waals surface area contributed by atoms with Crippen LogP contribution in [0.25, 0.3) is 10.8 Å². The predicted molar refractivity (Wildman–Crippen MR) is 144 cm³/mol. The molecule has 3 aromatic rings. The lowest BCUT2D eigenvalue weighted by Gasteiger charge is -2.37. The van der Waals surface area contributed by atoms with Gasteiger partial charge in [0, 0.05) is 59.5 Å². The molecule has 1 aliphatic heterocycles. The second-order valence-electron chi connectivity index (χ2n) is 8.78. The van der Waals surface area contributed by atoms with Crippen LogP contribution >= 0.6 is 15.9 Å². The number of rotatable bonds is 3. The van der Waals surface area contributed by atoms with E-state index >= 15 is 0 Å². The lowest BCUT2D eigenvalue weighted by molar-refractivity contribution is -0.193. The molecular weight excluding hydrogens is 642 g/mol. The Morgan fingerprint density at radius 3 is 1.86 bits per heavy atom. The zero-order valence-electron chi connectivity index (χ0n) is 21.8. The Labute approximate surface area is 243 Å². The van der Waals surface area contributed by atoms with Crippen molar-refractivity contribution in [2.24, 2.45) is 5.73 Å². The Morgan fingerprint density at radius 1 is 0.881 bits per heavy atom. The van der Waals surface area contributed by atoms with E-state index < -0.39 is 30.3 Å². The number of aromatic nitrogens is 1. The monoisotopic (exact) mass is 666 g/mol. The van der Waals surface area contributed by atoms with Gasteiger partial charge in [0.1, 0.15) is 6.04 Å². The number of carbonyl (C=O) groups excluding carboxylic acids is 1. The van der Waals surface area contributed by atoms with Gasteiger partial charge < -0.3 is 25.7 Å². The first-order valence-electron chi connectivity index (χ1n) is 11.9. The molecule has 1 amide bonds. The number of aryl methyl sites for hydroxylation is 1. The van der Waals surface area contributed by atoms with Crippen LogP contribution in [-0.2, 0) is 14.4 Å². The van der Waals surface area contributed by atoms with Gasteiger partial charge in [0.15, 0.2) is 0 Å². The number of carboxylic acids is 2. The van der Waals surface area contributed by atoms with E-state index in [0.29, 0.717) is 13.1 Å². The highest BCUT2D eigenvalue weighted by Crippen LogP contribution is 2.30. The van der Waals surface area contributed by atoms with Crippen molar-refractivity contribution >= 4 is 50.2 Å². The van der Waals surface area contributed by atoms with Crippen LogP contribution in [0.5, 0.6) is 0 Å². The highest BCUT2D eigenvalue weighted by molar-refractivity contribution is 9.10. The minimum absolute atomic E-state index is 0.0136. The summed E-state index contributed by atoms with van der Waals surface area (Å²) in [5.74, 6) is -5.53. The Balaban J connectivity index is 0.000000367. The van der Waals surface area contributed by atoms with E-state index in [4.69, 9.17) is 25.5 Å². The maximum atomic E-state index is 12.9. The molecule has 0 spiro atoms. The summed E-state index contributed by atoms with van der Waals surface area (Å²) in [5, 5.41) is 16.6. The summed E-state index contributed by atoms with van der Waals surface area (Å²) in [6, 6.07) is 13.3. The minimum atomic E-state index is -5.08. The van der Waals surface area contributed by atoms with Crippen LogP contribution in [0.4, 0.5) is 32.0 Å². The molecule has 1 aromatic heterocycles. The van der Waals surface area contributed by atoms with Crippen molar-refractivity contribution in [3.63, 3.8) is 0 Å². The molecule has 9 nitrogen and oxygen atoms in total. The Hall–Kier alpha value is -3.92. The summed E-state index contributed by atoms with van der Waals surface area (Å²) in [7, 11) is 0. The third-order valence-corrected chi connectivity index (χ3v) is 6.39. The van der Waals surface area contributed by atoms with Gasteiger partial charge in [-0.05, 0) is 36.2 Å². The van der Waals surface area contributed by atoms with Gasteiger partial charge in [-0.2, -0.15) is 26.3 Å². The average Bonchev–Trinajstić information content (AvgIpc) is 2.92. The topological polar surface area (TPSA) is 137 Å². The normalized spacial score (nSPS) is 14.2. The minimum Gasteiger partial charge on any atom is -0.475 e. The number of alkyl halides is 6. The zero-order chi connectivity index (χ0) is 31.8. The van der Waals surface area contributed by atoms with Gasteiger partial charge in [0.2, 0.25) is 5.91 Å². The molecule has 1 unspecified atom stereocenters. The number of amides is 1. The zero-order valence-corrected chi connectivity index (χ0v) is 23.4. The van der Waals surface area contributed by atoms with E-state index in [2.05, 4.69) is 50.9 Å². The van der Waals surface area contributed by atoms with Crippen LogP contribution in [0.3, 0.4) is 0 Å². The largest absolute Gasteiger partial charge is 0.490 e. The first-order chi connectivity index (χ1) is 19.4. The second-order valence-corrected chi connectivity index (χ2v) is 9.69. The van der Waals surface area contributed by atoms with Crippen LogP contribution in [0.1, 0.15) is 17.2 Å². The molecule has 0 aliphatic carbocycles. The van der Waals surface area contributed by atoms with Crippen molar-refractivity contribution < 1.29 is 50.9 Å². The van der Waals surface area contributed by atoms with Gasteiger partial charge >= 0.3 is 24.3 Å². The quantitative estimate of drug-likeness (QED) is 0.335. The molecule has 1 aliphatic rings. The molecule has 228 valence electrons. The van der Waals surface area contributed by atoms with E-state index in [1.807, 2.05) is 41.6 Å². The summed E-state index contributed by atoms with van der Waals surface area (Å²) in [6.45, 7) is 5.02. The van der Waals surface area contributed by atoms with Gasteiger partial charge in [0.25, 0.3) is 0 Å². The molecule has 4 N–H and O–H groups in total. The van der Waals surface area contributed by atoms with Crippen molar-refractivity contribution in [2.75, 3.05) is 31.1 Å². The van der Waals surface area contributed by atoms with E-state index in [-0.39, 0.29) is 5.91 Å². The maximum Gasteiger partial charge on any atom is 0.490 e. The number of pyridine rings is 1. The molecule has 1 fully saturated rings. The van der Waals surface area contributed by atoms with Gasteiger partial charge in [0.05, 0.1) is 0 Å². The van der Waals surface area contributed by atoms with Gasteiger partial charge in [-0.15, -0.1) is 0 Å². The standard InChI is InChI=1S/C22H23BrN4O.2C2HF3O2/c1-15-13-25-14-17-3-2-4-19(20(15)17)26-9-11-27(12-10-26)22(28)21(24)16-5-7-18(23)8-6-16;2*3-2(4,5)1(6)7/h2-8,13-14,21H,9-12,24H2,1H3;2*(H,6,7). The fraction of sp³-hybridized carbons (Fsp3) is 0.308. The number of halogens is 7. The van der Waals surface area contributed by atoms with Gasteiger partial charge in [-0.1, -0.05) is 40.2 Å². The van der Waals surface area contributed by atoms with Crippen LogP contribution in [0.15, 0.2) is 59.3 Å². The number of anilines is 1. The molecule has 42 heavy (non-hydrogen) atoms. The van der Waals surface area contributed by atoms with E-state index in [9.17, 15) is 31.1 Å². The first-order valence-corrected chi connectivity index (χ1v) is 12.7. The molecular formula is C26H25BrF6N4O5. The molecule has 0 saturated carbocycles. The van der Waals surface area contributed by atoms with Gasteiger partial charge in [-0.3, -0.25) is 9.78 Å². The Morgan fingerprint density at radius 2 is 1.38 bits per heavy atom. The fourth-order valence-electron chi connectivity index (χ4n) is 3.83. The lowest BCUT2D eigenvalue weighted by atomic mass is 10.0.